The molecule has 0 fully saturated rings. The first-order valence-corrected chi connectivity index (χ1v) is 7.16. The molecule has 0 aliphatic carbocycles. The molecule has 0 aliphatic heterocycles. The van der Waals surface area contributed by atoms with Crippen LogP contribution in [-0.4, -0.2) is 37.8 Å². The van der Waals surface area contributed by atoms with E-state index in [0.717, 1.165) is 17.3 Å². The number of esters is 1. The highest BCUT2D eigenvalue weighted by molar-refractivity contribution is 7.99. The van der Waals surface area contributed by atoms with Crippen molar-refractivity contribution in [3.8, 4) is 11.5 Å². The number of carbonyl (C=O) groups is 1. The molecule has 19 heavy (non-hydrogen) atoms. The van der Waals surface area contributed by atoms with E-state index in [4.69, 9.17) is 9.47 Å². The van der Waals surface area contributed by atoms with Crippen molar-refractivity contribution in [2.24, 2.45) is 0 Å². The van der Waals surface area contributed by atoms with Gasteiger partial charge >= 0.3 is 5.97 Å². The molecule has 106 valence electrons. The highest BCUT2D eigenvalue weighted by Gasteiger charge is 2.09. The zero-order chi connectivity index (χ0) is 14.1. The summed E-state index contributed by atoms with van der Waals surface area (Å²) in [6.07, 6.45) is 0.426. The third kappa shape index (κ3) is 5.87. The van der Waals surface area contributed by atoms with Gasteiger partial charge < -0.3 is 14.2 Å². The van der Waals surface area contributed by atoms with Crippen molar-refractivity contribution in [1.29, 1.82) is 0 Å². The maximum absolute atomic E-state index is 11.1. The van der Waals surface area contributed by atoms with E-state index in [1.807, 2.05) is 31.2 Å². The lowest BCUT2D eigenvalue weighted by atomic mass is 10.3. The van der Waals surface area contributed by atoms with Crippen LogP contribution in [0.2, 0.25) is 0 Å². The number of carbonyl (C=O) groups excluding carboxylic acids is 1. The van der Waals surface area contributed by atoms with Crippen LogP contribution in [0.3, 0.4) is 0 Å². The van der Waals surface area contributed by atoms with Gasteiger partial charge in [-0.05, 0) is 12.1 Å². The molecule has 1 unspecified atom stereocenters. The summed E-state index contributed by atoms with van der Waals surface area (Å²) < 4.78 is 15.5. The van der Waals surface area contributed by atoms with Crippen LogP contribution >= 0.6 is 11.8 Å². The molecule has 1 aromatic carbocycles. The number of rotatable bonds is 8. The Balaban J connectivity index is 2.25. The van der Waals surface area contributed by atoms with Gasteiger partial charge in [0.05, 0.1) is 27.2 Å². The first kappa shape index (κ1) is 15.7. The van der Waals surface area contributed by atoms with E-state index in [-0.39, 0.29) is 11.2 Å². The second kappa shape index (κ2) is 8.69. The largest absolute Gasteiger partial charge is 0.493 e. The highest BCUT2D eigenvalue weighted by Crippen LogP contribution is 2.26. The number of benzene rings is 1. The fourth-order valence-electron chi connectivity index (χ4n) is 1.52. The lowest BCUT2D eigenvalue weighted by Crippen LogP contribution is -2.11. The monoisotopic (exact) mass is 284 g/mol. The standard InChI is InChI=1S/C14H20O4S/c1-11(10-14(15)17-3)19-9-8-18-13-7-5-4-6-12(13)16-2/h4-7,11H,8-10H2,1-3H3. The molecule has 0 spiro atoms. The van der Waals surface area contributed by atoms with E-state index in [2.05, 4.69) is 4.74 Å². The van der Waals surface area contributed by atoms with Gasteiger partial charge in [-0.3, -0.25) is 4.79 Å². The highest BCUT2D eigenvalue weighted by atomic mass is 32.2. The van der Waals surface area contributed by atoms with E-state index >= 15 is 0 Å². The maximum atomic E-state index is 11.1. The minimum Gasteiger partial charge on any atom is -0.493 e. The van der Waals surface area contributed by atoms with Crippen molar-refractivity contribution in [3.05, 3.63) is 24.3 Å². The Kier molecular flexibility index (Phi) is 7.18. The molecule has 1 rings (SSSR count). The van der Waals surface area contributed by atoms with E-state index in [0.29, 0.717) is 13.0 Å². The van der Waals surface area contributed by atoms with Crippen LogP contribution in [0.4, 0.5) is 0 Å². The molecule has 1 atom stereocenters. The fourth-order valence-corrected chi connectivity index (χ4v) is 2.35. The van der Waals surface area contributed by atoms with Crippen LogP contribution in [0.15, 0.2) is 24.3 Å². The quantitative estimate of drug-likeness (QED) is 0.542. The van der Waals surface area contributed by atoms with Gasteiger partial charge in [-0.2, -0.15) is 11.8 Å². The Morgan fingerprint density at radius 3 is 2.58 bits per heavy atom. The fraction of sp³-hybridized carbons (Fsp3) is 0.500. The SMILES string of the molecule is COC(=O)CC(C)SCCOc1ccccc1OC. The second-order valence-corrected chi connectivity index (χ2v) is 5.51. The van der Waals surface area contributed by atoms with Gasteiger partial charge in [0.15, 0.2) is 11.5 Å². The zero-order valence-electron chi connectivity index (χ0n) is 11.5. The zero-order valence-corrected chi connectivity index (χ0v) is 12.4. The lowest BCUT2D eigenvalue weighted by molar-refractivity contribution is -0.140. The Hall–Kier alpha value is -1.36. The average Bonchev–Trinajstić information content (AvgIpc) is 2.43. The number of methoxy groups -OCH3 is 2. The lowest BCUT2D eigenvalue weighted by Gasteiger charge is -2.12. The summed E-state index contributed by atoms with van der Waals surface area (Å²) in [6, 6.07) is 7.55. The van der Waals surface area contributed by atoms with Gasteiger partial charge in [-0.1, -0.05) is 19.1 Å². The number of hydrogen-bond acceptors (Lipinski definition) is 5. The molecule has 5 heteroatoms. The smallest absolute Gasteiger partial charge is 0.306 e. The van der Waals surface area contributed by atoms with Crippen LogP contribution in [0.25, 0.3) is 0 Å². The predicted molar refractivity (Wildman–Crippen MR) is 77.0 cm³/mol. The van der Waals surface area contributed by atoms with Crippen LogP contribution in [0, 0.1) is 0 Å². The summed E-state index contributed by atoms with van der Waals surface area (Å²) in [7, 11) is 3.03. The van der Waals surface area contributed by atoms with Crippen molar-refractivity contribution in [3.63, 3.8) is 0 Å². The van der Waals surface area contributed by atoms with Crippen molar-refractivity contribution in [2.45, 2.75) is 18.6 Å². The molecule has 0 saturated heterocycles. The molecule has 0 saturated carbocycles. The van der Waals surface area contributed by atoms with E-state index in [1.165, 1.54) is 7.11 Å². The Bertz CT molecular complexity index is 395. The van der Waals surface area contributed by atoms with Crippen molar-refractivity contribution in [2.75, 3.05) is 26.6 Å². The molecule has 0 aliphatic rings. The molecule has 0 radical (unpaired) electrons. The van der Waals surface area contributed by atoms with Gasteiger partial charge in [0.25, 0.3) is 0 Å². The van der Waals surface area contributed by atoms with Gasteiger partial charge in [0, 0.05) is 11.0 Å². The number of ether oxygens (including phenoxy) is 3. The summed E-state index contributed by atoms with van der Waals surface area (Å²) in [5.74, 6) is 2.11. The molecular formula is C14H20O4S. The Labute approximate surface area is 118 Å². The number of hydrogen-bond donors (Lipinski definition) is 0. The number of thioether (sulfide) groups is 1. The van der Waals surface area contributed by atoms with Gasteiger partial charge in [0.1, 0.15) is 0 Å². The van der Waals surface area contributed by atoms with Gasteiger partial charge in [-0.15, -0.1) is 0 Å². The Morgan fingerprint density at radius 2 is 1.95 bits per heavy atom. The maximum Gasteiger partial charge on any atom is 0.306 e. The normalized spacial score (nSPS) is 11.7. The third-order valence-electron chi connectivity index (χ3n) is 2.49. The molecule has 0 aromatic heterocycles. The van der Waals surface area contributed by atoms with Crippen molar-refractivity contribution >= 4 is 17.7 Å². The van der Waals surface area contributed by atoms with E-state index in [9.17, 15) is 4.79 Å². The summed E-state index contributed by atoms with van der Waals surface area (Å²) >= 11 is 1.69. The van der Waals surface area contributed by atoms with Gasteiger partial charge in [-0.25, -0.2) is 0 Å². The number of para-hydroxylation sites is 2. The van der Waals surface area contributed by atoms with E-state index in [1.54, 1.807) is 18.9 Å². The minimum atomic E-state index is -0.175. The summed E-state index contributed by atoms with van der Waals surface area (Å²) in [5.41, 5.74) is 0. The van der Waals surface area contributed by atoms with Crippen LogP contribution < -0.4 is 9.47 Å². The molecule has 1 aromatic rings. The third-order valence-corrected chi connectivity index (χ3v) is 3.63. The van der Waals surface area contributed by atoms with E-state index < -0.39 is 0 Å². The molecule has 4 nitrogen and oxygen atoms in total. The molecule has 0 amide bonds. The summed E-state index contributed by atoms with van der Waals surface area (Å²) in [4.78, 5) is 11.1. The first-order chi connectivity index (χ1) is 9.17. The van der Waals surface area contributed by atoms with Gasteiger partial charge in [0.2, 0.25) is 0 Å². The van der Waals surface area contributed by atoms with Crippen LogP contribution in [-0.2, 0) is 9.53 Å². The van der Waals surface area contributed by atoms with Crippen molar-refractivity contribution in [1.82, 2.24) is 0 Å². The first-order valence-electron chi connectivity index (χ1n) is 6.11. The molecule has 0 N–H and O–H groups in total. The molecular weight excluding hydrogens is 264 g/mol. The van der Waals surface area contributed by atoms with Crippen LogP contribution in [0.1, 0.15) is 13.3 Å². The average molecular weight is 284 g/mol. The molecule has 0 bridgehead atoms. The van der Waals surface area contributed by atoms with Crippen LogP contribution in [0.5, 0.6) is 11.5 Å². The second-order valence-electron chi connectivity index (χ2n) is 3.96. The minimum absolute atomic E-state index is 0.175. The topological polar surface area (TPSA) is 44.8 Å². The summed E-state index contributed by atoms with van der Waals surface area (Å²) in [5, 5.41) is 0.230. The summed E-state index contributed by atoms with van der Waals surface area (Å²) in [6.45, 7) is 2.58. The molecule has 0 heterocycles. The Morgan fingerprint density at radius 1 is 1.26 bits per heavy atom. The predicted octanol–water partition coefficient (Wildman–Crippen LogP) is 2.76. The van der Waals surface area contributed by atoms with Crippen molar-refractivity contribution < 1.29 is 19.0 Å².